The smallest absolute Gasteiger partial charge is 0.380 e. The van der Waals surface area contributed by atoms with Crippen molar-refractivity contribution in [2.45, 2.75) is 45.5 Å². The monoisotopic (exact) mass is 468 g/mol. The van der Waals surface area contributed by atoms with E-state index in [9.17, 15) is 41.0 Å². The van der Waals surface area contributed by atoms with Crippen molar-refractivity contribution in [3.8, 4) is 0 Å². The second-order valence-corrected chi connectivity index (χ2v) is 9.39. The number of carbonyl (C=O) groups excluding carboxylic acids is 1. The van der Waals surface area contributed by atoms with E-state index in [1.54, 1.807) is 0 Å². The molecule has 1 aliphatic rings. The molecule has 162 valence electrons. The Labute approximate surface area is 174 Å². The number of allylic oxidation sites excluding steroid dienone is 2. The van der Waals surface area contributed by atoms with Gasteiger partial charge in [-0.25, -0.2) is 4.79 Å². The largest absolute Gasteiger partial charge is 0.477 e. The number of aryl methyl sites for hydroxylation is 2. The zero-order chi connectivity index (χ0) is 23.0. The van der Waals surface area contributed by atoms with Crippen molar-refractivity contribution in [3.05, 3.63) is 41.8 Å². The number of hydrogen-bond donors (Lipinski definition) is 1. The Morgan fingerprint density at radius 3 is 1.63 bits per heavy atom. The van der Waals surface area contributed by atoms with Crippen LogP contribution >= 0.6 is 22.7 Å². The van der Waals surface area contributed by atoms with E-state index in [4.69, 9.17) is 0 Å². The summed E-state index contributed by atoms with van der Waals surface area (Å²) in [6.45, 7) is 4.81. The van der Waals surface area contributed by atoms with Gasteiger partial charge in [0.1, 0.15) is 4.88 Å². The predicted molar refractivity (Wildman–Crippen MR) is 102 cm³/mol. The van der Waals surface area contributed by atoms with E-state index in [2.05, 4.69) is 0 Å². The van der Waals surface area contributed by atoms with Crippen molar-refractivity contribution in [2.24, 2.45) is 0 Å². The third kappa shape index (κ3) is 2.64. The highest BCUT2D eigenvalue weighted by atomic mass is 32.1. The Morgan fingerprint density at radius 1 is 0.833 bits per heavy atom. The first kappa shape index (κ1) is 22.5. The molecule has 11 heteroatoms. The molecule has 3 nitrogen and oxygen atoms in total. The lowest BCUT2D eigenvalue weighted by molar-refractivity contribution is -0.254. The van der Waals surface area contributed by atoms with Gasteiger partial charge in [0, 0.05) is 32.0 Å². The van der Waals surface area contributed by atoms with Crippen LogP contribution in [0, 0.1) is 27.7 Å². The van der Waals surface area contributed by atoms with E-state index in [0.29, 0.717) is 17.6 Å². The average molecular weight is 468 g/mol. The van der Waals surface area contributed by atoms with Gasteiger partial charge in [-0.15, -0.1) is 22.7 Å². The summed E-state index contributed by atoms with van der Waals surface area (Å²) in [4.78, 5) is 22.0. The fourth-order valence-corrected chi connectivity index (χ4v) is 5.77. The Morgan fingerprint density at radius 2 is 1.27 bits per heavy atom. The topological polar surface area (TPSA) is 54.4 Å². The molecule has 0 saturated heterocycles. The molecule has 0 radical (unpaired) electrons. The van der Waals surface area contributed by atoms with Gasteiger partial charge >= 0.3 is 23.7 Å². The van der Waals surface area contributed by atoms with Crippen molar-refractivity contribution in [3.63, 3.8) is 0 Å². The normalized spacial score (nSPS) is 19.4. The van der Waals surface area contributed by atoms with Crippen LogP contribution in [0.1, 0.15) is 51.4 Å². The molecule has 0 bridgehead atoms. The van der Waals surface area contributed by atoms with Gasteiger partial charge in [-0.2, -0.15) is 26.3 Å². The van der Waals surface area contributed by atoms with Gasteiger partial charge in [0.25, 0.3) is 0 Å². The molecule has 1 aliphatic carbocycles. The molecule has 2 heterocycles. The Kier molecular flexibility index (Phi) is 5.02. The number of aldehydes is 1. The highest BCUT2D eigenvalue weighted by Gasteiger charge is 2.80. The molecule has 1 N–H and O–H groups in total. The summed E-state index contributed by atoms with van der Waals surface area (Å²) in [6, 6.07) is 0. The molecular weight excluding hydrogens is 454 g/mol. The van der Waals surface area contributed by atoms with E-state index < -0.39 is 50.9 Å². The molecule has 0 saturated carbocycles. The minimum atomic E-state index is -5.75. The number of carbonyl (C=O) groups is 2. The zero-order valence-corrected chi connectivity index (χ0v) is 17.6. The molecule has 0 aliphatic heterocycles. The molecule has 30 heavy (non-hydrogen) atoms. The van der Waals surface area contributed by atoms with E-state index in [1.165, 1.54) is 20.8 Å². The van der Waals surface area contributed by atoms with Gasteiger partial charge in [-0.3, -0.25) is 4.79 Å². The SMILES string of the molecule is Cc1sc(C=O)c(C)c1C1=C(c2c(C)sc(C(=O)O)c2C)C(F)(F)C(F)(F)C1(F)F. The molecule has 2 aromatic heterocycles. The fourth-order valence-electron chi connectivity index (χ4n) is 3.77. The number of aromatic carboxylic acids is 1. The lowest BCUT2D eigenvalue weighted by Gasteiger charge is -2.26. The Bertz CT molecular complexity index is 1120. The van der Waals surface area contributed by atoms with Gasteiger partial charge in [0.2, 0.25) is 0 Å². The summed E-state index contributed by atoms with van der Waals surface area (Å²) in [5, 5.41) is 9.26. The lowest BCUT2D eigenvalue weighted by atomic mass is 9.91. The maximum absolute atomic E-state index is 14.9. The van der Waals surface area contributed by atoms with Gasteiger partial charge < -0.3 is 5.11 Å². The van der Waals surface area contributed by atoms with Crippen molar-refractivity contribution < 1.29 is 41.0 Å². The highest BCUT2D eigenvalue weighted by molar-refractivity contribution is 7.14. The average Bonchev–Trinajstić information content (AvgIpc) is 3.10. The second kappa shape index (κ2) is 6.68. The van der Waals surface area contributed by atoms with Crippen LogP contribution in [-0.4, -0.2) is 35.1 Å². The summed E-state index contributed by atoms with van der Waals surface area (Å²) < 4.78 is 88.6. The van der Waals surface area contributed by atoms with Gasteiger partial charge in [-0.1, -0.05) is 0 Å². The summed E-state index contributed by atoms with van der Waals surface area (Å²) in [5.41, 5.74) is -4.76. The number of rotatable bonds is 4. The van der Waals surface area contributed by atoms with Crippen LogP contribution in [0.4, 0.5) is 26.3 Å². The third-order valence-electron chi connectivity index (χ3n) is 5.15. The molecule has 0 atom stereocenters. The summed E-state index contributed by atoms with van der Waals surface area (Å²) in [7, 11) is 0. The van der Waals surface area contributed by atoms with E-state index in [-0.39, 0.29) is 25.8 Å². The van der Waals surface area contributed by atoms with Crippen LogP contribution in [-0.2, 0) is 0 Å². The first-order chi connectivity index (χ1) is 13.6. The zero-order valence-electron chi connectivity index (χ0n) is 15.9. The Hall–Kier alpha value is -2.14. The molecule has 2 aromatic rings. The van der Waals surface area contributed by atoms with Crippen LogP contribution in [0.15, 0.2) is 0 Å². The van der Waals surface area contributed by atoms with Crippen LogP contribution < -0.4 is 0 Å². The summed E-state index contributed by atoms with van der Waals surface area (Å²) >= 11 is 1.27. The minimum Gasteiger partial charge on any atom is -0.477 e. The molecule has 0 fully saturated rings. The third-order valence-corrected chi connectivity index (χ3v) is 7.48. The fraction of sp³-hybridized carbons (Fsp3) is 0.368. The van der Waals surface area contributed by atoms with Crippen molar-refractivity contribution >= 4 is 46.1 Å². The van der Waals surface area contributed by atoms with Crippen molar-refractivity contribution in [1.82, 2.24) is 0 Å². The standard InChI is InChI=1S/C19H14F6O3S2/c1-6-10(5-26)29-8(3)11(6)13-14(18(22,23)19(24,25)17(13,20)21)12-7(2)15(16(27)28)30-9(12)4/h5H,1-4H3,(H,27,28). The van der Waals surface area contributed by atoms with Gasteiger partial charge in [0.15, 0.2) is 6.29 Å². The molecule has 0 spiro atoms. The van der Waals surface area contributed by atoms with E-state index in [1.807, 2.05) is 0 Å². The highest BCUT2D eigenvalue weighted by Crippen LogP contribution is 2.66. The molecule has 3 rings (SSSR count). The number of carboxylic acid groups (broad SMARTS) is 1. The quantitative estimate of drug-likeness (QED) is 0.418. The second-order valence-electron chi connectivity index (χ2n) is 6.91. The minimum absolute atomic E-state index is 0.000677. The molecule has 0 amide bonds. The van der Waals surface area contributed by atoms with E-state index >= 15 is 0 Å². The van der Waals surface area contributed by atoms with Crippen molar-refractivity contribution in [1.29, 1.82) is 0 Å². The number of thiophene rings is 2. The molecule has 0 aromatic carbocycles. The molecular formula is C19H14F6O3S2. The number of alkyl halides is 6. The summed E-state index contributed by atoms with van der Waals surface area (Å²) in [6.07, 6.45) is 0.337. The van der Waals surface area contributed by atoms with Crippen LogP contribution in [0.2, 0.25) is 0 Å². The van der Waals surface area contributed by atoms with Gasteiger partial charge in [0.05, 0.1) is 4.88 Å². The van der Waals surface area contributed by atoms with Crippen LogP contribution in [0.5, 0.6) is 0 Å². The lowest BCUT2D eigenvalue weighted by Crippen LogP contribution is -2.49. The first-order valence-corrected chi connectivity index (χ1v) is 10.0. The maximum Gasteiger partial charge on any atom is 0.380 e. The van der Waals surface area contributed by atoms with Crippen LogP contribution in [0.25, 0.3) is 11.1 Å². The number of carboxylic acids is 1. The van der Waals surface area contributed by atoms with Crippen LogP contribution in [0.3, 0.4) is 0 Å². The predicted octanol–water partition coefficient (Wildman–Crippen LogP) is 6.38. The Balaban J connectivity index is 2.56. The summed E-state index contributed by atoms with van der Waals surface area (Å²) in [5.74, 6) is -17.8. The number of hydrogen-bond acceptors (Lipinski definition) is 4. The molecule has 0 unspecified atom stereocenters. The maximum atomic E-state index is 14.9. The van der Waals surface area contributed by atoms with E-state index in [0.717, 1.165) is 18.3 Å². The number of halogens is 6. The first-order valence-electron chi connectivity index (χ1n) is 8.40. The van der Waals surface area contributed by atoms with Crippen molar-refractivity contribution in [2.75, 3.05) is 0 Å². The van der Waals surface area contributed by atoms with Gasteiger partial charge in [-0.05, 0) is 38.8 Å².